The minimum absolute atomic E-state index is 0.0583. The van der Waals surface area contributed by atoms with Crippen LogP contribution < -0.4 is 0 Å². The largest absolute Gasteiger partial charge is 0.345 e. The molecule has 2 aliphatic heterocycles. The lowest BCUT2D eigenvalue weighted by Gasteiger charge is -2.36. The molecule has 0 radical (unpaired) electrons. The first-order chi connectivity index (χ1) is 11.9. The van der Waals surface area contributed by atoms with Crippen molar-refractivity contribution in [3.63, 3.8) is 0 Å². The van der Waals surface area contributed by atoms with Gasteiger partial charge in [-0.3, -0.25) is 14.7 Å². The molecule has 3 heterocycles. The zero-order valence-electron chi connectivity index (χ0n) is 14.8. The minimum atomic E-state index is -2.84. The summed E-state index contributed by atoms with van der Waals surface area (Å²) in [5, 5.41) is 0. The summed E-state index contributed by atoms with van der Waals surface area (Å²) >= 11 is 0. The van der Waals surface area contributed by atoms with Crippen LogP contribution in [0, 0.1) is 5.92 Å². The van der Waals surface area contributed by atoms with Crippen LogP contribution in [-0.4, -0.2) is 73.3 Å². The molecule has 3 rings (SSSR count). The Bertz CT molecular complexity index is 685. The van der Waals surface area contributed by atoms with E-state index in [-0.39, 0.29) is 23.6 Å². The predicted molar refractivity (Wildman–Crippen MR) is 96.9 cm³/mol. The molecule has 0 spiro atoms. The van der Waals surface area contributed by atoms with Crippen LogP contribution in [0.5, 0.6) is 0 Å². The summed E-state index contributed by atoms with van der Waals surface area (Å²) in [6.45, 7) is 2.33. The number of amides is 1. The summed E-state index contributed by atoms with van der Waals surface area (Å²) in [6.07, 6.45) is 4.93. The molecule has 1 unspecified atom stereocenters. The third-order valence-corrected chi connectivity index (χ3v) is 7.16. The third-order valence-electron chi connectivity index (χ3n) is 5.41. The molecule has 1 atom stereocenters. The number of piperidine rings is 1. The van der Waals surface area contributed by atoms with Crippen molar-refractivity contribution >= 4 is 15.7 Å². The van der Waals surface area contributed by atoms with E-state index in [1.54, 1.807) is 6.20 Å². The quantitative estimate of drug-likeness (QED) is 0.778. The van der Waals surface area contributed by atoms with E-state index in [0.717, 1.165) is 44.5 Å². The van der Waals surface area contributed by atoms with E-state index >= 15 is 0 Å². The number of aromatic nitrogens is 1. The van der Waals surface area contributed by atoms with Crippen LogP contribution in [0.25, 0.3) is 0 Å². The van der Waals surface area contributed by atoms with Gasteiger partial charge in [-0.05, 0) is 44.5 Å². The summed E-state index contributed by atoms with van der Waals surface area (Å²) in [7, 11) is -0.982. The maximum atomic E-state index is 12.6. The molecular formula is C18H27N3O3S. The van der Waals surface area contributed by atoms with Crippen LogP contribution in [0.3, 0.4) is 0 Å². The van der Waals surface area contributed by atoms with Crippen molar-refractivity contribution in [3.05, 3.63) is 30.1 Å². The first-order valence-corrected chi connectivity index (χ1v) is 10.9. The maximum absolute atomic E-state index is 12.6. The molecule has 7 heteroatoms. The summed E-state index contributed by atoms with van der Waals surface area (Å²) < 4.78 is 23.3. The molecule has 138 valence electrons. The zero-order valence-corrected chi connectivity index (χ0v) is 15.6. The van der Waals surface area contributed by atoms with E-state index in [1.807, 2.05) is 30.1 Å². The van der Waals surface area contributed by atoms with Crippen LogP contribution in [0.4, 0.5) is 0 Å². The Morgan fingerprint density at radius 2 is 2.04 bits per heavy atom. The minimum Gasteiger partial charge on any atom is -0.345 e. The number of sulfone groups is 1. The van der Waals surface area contributed by atoms with E-state index in [9.17, 15) is 13.2 Å². The Morgan fingerprint density at radius 3 is 2.64 bits per heavy atom. The van der Waals surface area contributed by atoms with Crippen LogP contribution in [-0.2, 0) is 21.1 Å². The van der Waals surface area contributed by atoms with Crippen molar-refractivity contribution in [1.29, 1.82) is 0 Å². The highest BCUT2D eigenvalue weighted by atomic mass is 32.2. The number of nitrogens with zero attached hydrogens (tertiary/aromatic N) is 3. The second kappa shape index (κ2) is 7.83. The highest BCUT2D eigenvalue weighted by Gasteiger charge is 2.35. The first-order valence-electron chi connectivity index (χ1n) is 9.04. The second-order valence-electron chi connectivity index (χ2n) is 7.20. The SMILES string of the molecule is CN(CCc1ccccn1)C(=O)C1CCN(C2CCS(=O)(=O)C2)CC1. The smallest absolute Gasteiger partial charge is 0.225 e. The molecule has 2 fully saturated rings. The number of hydrogen-bond donors (Lipinski definition) is 0. The fourth-order valence-electron chi connectivity index (χ4n) is 3.83. The second-order valence-corrected chi connectivity index (χ2v) is 9.43. The lowest BCUT2D eigenvalue weighted by atomic mass is 9.94. The summed E-state index contributed by atoms with van der Waals surface area (Å²) in [4.78, 5) is 21.0. The zero-order chi connectivity index (χ0) is 17.9. The van der Waals surface area contributed by atoms with Crippen LogP contribution in [0.2, 0.25) is 0 Å². The topological polar surface area (TPSA) is 70.6 Å². The van der Waals surface area contributed by atoms with Crippen LogP contribution >= 0.6 is 0 Å². The standard InChI is InChI=1S/C18H27N3O3S/c1-20(10-7-16-4-2-3-9-19-16)18(22)15-5-11-21(12-6-15)17-8-13-25(23,24)14-17/h2-4,9,15,17H,5-8,10-14H2,1H3. The molecule has 6 nitrogen and oxygen atoms in total. The molecule has 2 saturated heterocycles. The van der Waals surface area contributed by atoms with Gasteiger partial charge in [0.05, 0.1) is 11.5 Å². The van der Waals surface area contributed by atoms with E-state index < -0.39 is 9.84 Å². The van der Waals surface area contributed by atoms with Crippen molar-refractivity contribution < 1.29 is 13.2 Å². The van der Waals surface area contributed by atoms with Gasteiger partial charge in [0.1, 0.15) is 0 Å². The molecule has 1 amide bonds. The van der Waals surface area contributed by atoms with Gasteiger partial charge in [-0.2, -0.15) is 0 Å². The molecule has 0 aliphatic carbocycles. The van der Waals surface area contributed by atoms with E-state index in [1.165, 1.54) is 0 Å². The van der Waals surface area contributed by atoms with E-state index in [2.05, 4.69) is 9.88 Å². The molecule has 1 aromatic rings. The normalized spacial score (nSPS) is 24.3. The lowest BCUT2D eigenvalue weighted by molar-refractivity contribution is -0.135. The van der Waals surface area contributed by atoms with Gasteiger partial charge in [0.25, 0.3) is 0 Å². The van der Waals surface area contributed by atoms with Gasteiger partial charge >= 0.3 is 0 Å². The third kappa shape index (κ3) is 4.79. The number of rotatable bonds is 5. The summed E-state index contributed by atoms with van der Waals surface area (Å²) in [6, 6.07) is 5.99. The molecule has 2 aliphatic rings. The number of pyridine rings is 1. The highest BCUT2D eigenvalue weighted by Crippen LogP contribution is 2.25. The van der Waals surface area contributed by atoms with Crippen LogP contribution in [0.1, 0.15) is 25.0 Å². The van der Waals surface area contributed by atoms with Crippen molar-refractivity contribution in [2.45, 2.75) is 31.7 Å². The van der Waals surface area contributed by atoms with Gasteiger partial charge in [0, 0.05) is 43.9 Å². The number of carbonyl (C=O) groups excluding carboxylic acids is 1. The predicted octanol–water partition coefficient (Wildman–Crippen LogP) is 0.982. The Hall–Kier alpha value is -1.47. The average Bonchev–Trinajstić information content (AvgIpc) is 3.00. The van der Waals surface area contributed by atoms with Gasteiger partial charge < -0.3 is 4.90 Å². The Balaban J connectivity index is 1.45. The van der Waals surface area contributed by atoms with Crippen molar-refractivity contribution in [2.24, 2.45) is 5.92 Å². The van der Waals surface area contributed by atoms with Gasteiger partial charge in [-0.15, -0.1) is 0 Å². The van der Waals surface area contributed by atoms with Crippen molar-refractivity contribution in [2.75, 3.05) is 38.2 Å². The Kier molecular flexibility index (Phi) is 5.74. The van der Waals surface area contributed by atoms with Gasteiger partial charge in [0.2, 0.25) is 5.91 Å². The first kappa shape index (κ1) is 18.3. The van der Waals surface area contributed by atoms with Gasteiger partial charge in [-0.25, -0.2) is 8.42 Å². The van der Waals surface area contributed by atoms with Crippen LogP contribution in [0.15, 0.2) is 24.4 Å². The number of carbonyl (C=O) groups is 1. The van der Waals surface area contributed by atoms with E-state index in [4.69, 9.17) is 0 Å². The molecule has 0 N–H and O–H groups in total. The Labute approximate surface area is 150 Å². The average molecular weight is 365 g/mol. The van der Waals surface area contributed by atoms with Gasteiger partial charge in [-0.1, -0.05) is 6.07 Å². The van der Waals surface area contributed by atoms with E-state index in [0.29, 0.717) is 12.3 Å². The Morgan fingerprint density at radius 1 is 1.28 bits per heavy atom. The number of likely N-dealkylation sites (N-methyl/N-ethyl adjacent to an activating group) is 1. The summed E-state index contributed by atoms with van der Waals surface area (Å²) in [5.74, 6) is 0.861. The van der Waals surface area contributed by atoms with Crippen molar-refractivity contribution in [1.82, 2.24) is 14.8 Å². The number of likely N-dealkylation sites (tertiary alicyclic amines) is 1. The molecule has 0 aromatic carbocycles. The fraction of sp³-hybridized carbons (Fsp3) is 0.667. The summed E-state index contributed by atoms with van der Waals surface area (Å²) in [5.41, 5.74) is 0.999. The molecule has 0 bridgehead atoms. The van der Waals surface area contributed by atoms with Gasteiger partial charge in [0.15, 0.2) is 9.84 Å². The molecule has 0 saturated carbocycles. The lowest BCUT2D eigenvalue weighted by Crippen LogP contribution is -2.45. The number of hydrogen-bond acceptors (Lipinski definition) is 5. The molecule has 25 heavy (non-hydrogen) atoms. The maximum Gasteiger partial charge on any atom is 0.225 e. The molecular weight excluding hydrogens is 338 g/mol. The fourth-order valence-corrected chi connectivity index (χ4v) is 5.59. The highest BCUT2D eigenvalue weighted by molar-refractivity contribution is 7.91. The van der Waals surface area contributed by atoms with Crippen molar-refractivity contribution in [3.8, 4) is 0 Å². The monoisotopic (exact) mass is 365 g/mol. The molecule has 1 aromatic heterocycles.